The van der Waals surface area contributed by atoms with Gasteiger partial charge >= 0.3 is 5.97 Å². The molecule has 0 amide bonds. The number of hydrogen-bond acceptors (Lipinski definition) is 6. The molecule has 1 fully saturated rings. The van der Waals surface area contributed by atoms with Gasteiger partial charge in [0.1, 0.15) is 12.2 Å². The van der Waals surface area contributed by atoms with Crippen LogP contribution in [0.4, 0.5) is 0 Å². The van der Waals surface area contributed by atoms with Gasteiger partial charge in [-0.05, 0) is 76.0 Å². The van der Waals surface area contributed by atoms with Gasteiger partial charge in [-0.2, -0.15) is 0 Å². The van der Waals surface area contributed by atoms with Crippen LogP contribution in [0, 0.1) is 17.8 Å². The van der Waals surface area contributed by atoms with Crippen LogP contribution in [-0.4, -0.2) is 49.2 Å². The average Bonchev–Trinajstić information content (AvgIpc) is 3.66. The molecular formula is C31H46O6P2. The molecule has 3 heterocycles. The summed E-state index contributed by atoms with van der Waals surface area (Å²) in [6.45, 7) is 9.41. The number of carbonyl (C=O) groups is 1. The van der Waals surface area contributed by atoms with E-state index < -0.39 is 12.2 Å². The van der Waals surface area contributed by atoms with Gasteiger partial charge in [0.2, 0.25) is 0 Å². The van der Waals surface area contributed by atoms with Crippen molar-refractivity contribution in [2.75, 3.05) is 6.61 Å². The molecule has 6 nitrogen and oxygen atoms in total. The first-order chi connectivity index (χ1) is 18.8. The van der Waals surface area contributed by atoms with Crippen molar-refractivity contribution in [2.24, 2.45) is 17.8 Å². The van der Waals surface area contributed by atoms with Crippen LogP contribution < -0.4 is 0 Å². The fraction of sp³-hybridized carbons (Fsp3) is 0.645. The second-order valence-corrected chi connectivity index (χ2v) is 12.3. The molecule has 3 aliphatic heterocycles. The number of esters is 1. The van der Waals surface area contributed by atoms with Crippen molar-refractivity contribution in [1.29, 1.82) is 0 Å². The van der Waals surface area contributed by atoms with Gasteiger partial charge in [0.25, 0.3) is 0 Å². The zero-order chi connectivity index (χ0) is 27.8. The van der Waals surface area contributed by atoms with Crippen molar-refractivity contribution in [3.8, 4) is 0 Å². The van der Waals surface area contributed by atoms with Crippen LogP contribution in [0.1, 0.15) is 65.2 Å². The second kappa shape index (κ2) is 15.2. The molecule has 4 aliphatic rings. The maximum atomic E-state index is 12.9. The fourth-order valence-corrected chi connectivity index (χ4v) is 6.69. The fourth-order valence-electron chi connectivity index (χ4n) is 6.13. The summed E-state index contributed by atoms with van der Waals surface area (Å²) in [4.78, 5) is 12.9. The Kier molecular flexibility index (Phi) is 12.0. The minimum absolute atomic E-state index is 0.00296. The van der Waals surface area contributed by atoms with Gasteiger partial charge in [0.15, 0.2) is 0 Å². The molecule has 2 bridgehead atoms. The molecule has 1 aliphatic carbocycles. The van der Waals surface area contributed by atoms with Crippen LogP contribution in [0.2, 0.25) is 0 Å². The van der Waals surface area contributed by atoms with E-state index >= 15 is 0 Å². The van der Waals surface area contributed by atoms with Crippen molar-refractivity contribution >= 4 is 24.9 Å². The zero-order valence-corrected chi connectivity index (χ0v) is 25.7. The molecule has 0 spiro atoms. The third kappa shape index (κ3) is 9.73. The van der Waals surface area contributed by atoms with Crippen molar-refractivity contribution < 1.29 is 28.1 Å². The Bertz CT molecular complexity index is 959. The van der Waals surface area contributed by atoms with E-state index in [9.17, 15) is 4.79 Å². The highest BCUT2D eigenvalue weighted by atomic mass is 31.0. The molecule has 0 saturated heterocycles. The molecule has 0 aromatic rings. The van der Waals surface area contributed by atoms with E-state index in [1.165, 1.54) is 17.2 Å². The standard InChI is InChI=1S/C31H46O6P2/c1-20-12-13-33-25(15-20)10-11-28(36-38)30-19-23-18-27(23)29(37-39)17-22(3)14-21(2)16-26-8-4-6-24(34-26)7-5-9-31(32)35-30/h4-6,9-12,21,23-30H,3,7-8,13-19,38-39H2,1-2H3/b9-5-,11-10+/t21-,23+,24-,25+,26-,27+,28-,29-,30-/m0/s1. The molecule has 0 N–H and O–H groups in total. The van der Waals surface area contributed by atoms with Crippen LogP contribution in [0.3, 0.4) is 0 Å². The first kappa shape index (κ1) is 30.8. The van der Waals surface area contributed by atoms with Crippen LogP contribution in [0.15, 0.2) is 60.3 Å². The topological polar surface area (TPSA) is 63.2 Å². The minimum atomic E-state index is -0.423. The Balaban J connectivity index is 1.49. The van der Waals surface area contributed by atoms with Crippen LogP contribution in [0.25, 0.3) is 0 Å². The van der Waals surface area contributed by atoms with Gasteiger partial charge in [-0.15, -0.1) is 0 Å². The summed E-state index contributed by atoms with van der Waals surface area (Å²) in [5.74, 6) is 0.930. The summed E-state index contributed by atoms with van der Waals surface area (Å²) in [5.41, 5.74) is 2.54. The van der Waals surface area contributed by atoms with E-state index in [1.54, 1.807) is 0 Å². The lowest BCUT2D eigenvalue weighted by Crippen LogP contribution is -2.32. The highest BCUT2D eigenvalue weighted by Gasteiger charge is 2.46. The molecule has 216 valence electrons. The van der Waals surface area contributed by atoms with E-state index in [0.717, 1.165) is 38.5 Å². The van der Waals surface area contributed by atoms with Gasteiger partial charge in [0, 0.05) is 25.0 Å². The maximum absolute atomic E-state index is 12.9. The van der Waals surface area contributed by atoms with Crippen LogP contribution in [-0.2, 0) is 28.1 Å². The van der Waals surface area contributed by atoms with E-state index in [-0.39, 0.29) is 30.4 Å². The predicted molar refractivity (Wildman–Crippen MR) is 161 cm³/mol. The number of fused-ring (bicyclic) bond motifs is 3. The van der Waals surface area contributed by atoms with E-state index in [2.05, 4.69) is 57.6 Å². The molecule has 1 saturated carbocycles. The first-order valence-corrected chi connectivity index (χ1v) is 15.3. The van der Waals surface area contributed by atoms with Gasteiger partial charge < -0.3 is 23.3 Å². The predicted octanol–water partition coefficient (Wildman–Crippen LogP) is 6.60. The number of cyclic esters (lactones) is 1. The van der Waals surface area contributed by atoms with Crippen LogP contribution in [0.5, 0.6) is 0 Å². The van der Waals surface area contributed by atoms with Crippen LogP contribution >= 0.6 is 18.9 Å². The van der Waals surface area contributed by atoms with E-state index in [4.69, 9.17) is 23.3 Å². The van der Waals surface area contributed by atoms with E-state index in [1.807, 2.05) is 18.2 Å². The van der Waals surface area contributed by atoms with Gasteiger partial charge in [-0.3, -0.25) is 0 Å². The summed E-state index contributed by atoms with van der Waals surface area (Å²) >= 11 is 0. The molecule has 0 aromatic carbocycles. The highest BCUT2D eigenvalue weighted by molar-refractivity contribution is 7.10. The SMILES string of the molecule is C=C1C[C@H](C)C[C@@H]2CC=C[C@@H](C/C=C\C(=O)O[C@H]([C@H](/C=C/[C@@H]3CC(C)=CCO3)OP)C[C@H]3C[C@H]3[C@@H](OP)C1)O2. The summed E-state index contributed by atoms with van der Waals surface area (Å²) in [6.07, 6.45) is 20.2. The third-order valence-electron chi connectivity index (χ3n) is 8.27. The van der Waals surface area contributed by atoms with Crippen molar-refractivity contribution in [1.82, 2.24) is 0 Å². The van der Waals surface area contributed by atoms with Gasteiger partial charge in [-0.25, -0.2) is 4.79 Å². The largest absolute Gasteiger partial charge is 0.456 e. The lowest BCUT2D eigenvalue weighted by molar-refractivity contribution is -0.147. The molecule has 8 heteroatoms. The summed E-state index contributed by atoms with van der Waals surface area (Å²) in [6, 6.07) is 0. The second-order valence-electron chi connectivity index (χ2n) is 11.8. The van der Waals surface area contributed by atoms with Crippen molar-refractivity contribution in [3.63, 3.8) is 0 Å². The minimum Gasteiger partial charge on any atom is -0.456 e. The third-order valence-corrected chi connectivity index (χ3v) is 8.93. The van der Waals surface area contributed by atoms with E-state index in [0.29, 0.717) is 37.2 Å². The smallest absolute Gasteiger partial charge is 0.330 e. The van der Waals surface area contributed by atoms with Gasteiger partial charge in [0.05, 0.1) is 31.0 Å². The molecular weight excluding hydrogens is 530 g/mol. The quantitative estimate of drug-likeness (QED) is 0.209. The lowest BCUT2D eigenvalue weighted by Gasteiger charge is -2.28. The number of hydrogen-bond donors (Lipinski definition) is 0. The Morgan fingerprint density at radius 3 is 2.74 bits per heavy atom. The summed E-state index contributed by atoms with van der Waals surface area (Å²) in [5, 5.41) is 0. The normalized spacial score (nSPS) is 38.2. The molecule has 4 rings (SSSR count). The van der Waals surface area contributed by atoms with Crippen molar-refractivity contribution in [2.45, 2.75) is 102 Å². The Morgan fingerprint density at radius 1 is 1.13 bits per heavy atom. The first-order valence-electron chi connectivity index (χ1n) is 14.4. The lowest BCUT2D eigenvalue weighted by atomic mass is 9.90. The average molecular weight is 577 g/mol. The Hall–Kier alpha value is -1.13. The number of carbonyl (C=O) groups excluding carboxylic acids is 1. The Labute approximate surface area is 239 Å². The Morgan fingerprint density at radius 2 is 1.97 bits per heavy atom. The zero-order valence-electron chi connectivity index (χ0n) is 23.4. The molecule has 0 aromatic heterocycles. The summed E-state index contributed by atoms with van der Waals surface area (Å²) < 4.78 is 29.8. The molecule has 0 radical (unpaired) electrons. The molecule has 2 unspecified atom stereocenters. The van der Waals surface area contributed by atoms with Crippen molar-refractivity contribution in [3.05, 3.63) is 60.3 Å². The maximum Gasteiger partial charge on any atom is 0.330 e. The number of rotatable bonds is 5. The monoisotopic (exact) mass is 576 g/mol. The number of ether oxygens (including phenoxy) is 3. The molecule has 11 atom stereocenters. The summed E-state index contributed by atoms with van der Waals surface area (Å²) in [7, 11) is 4.81. The highest BCUT2D eigenvalue weighted by Crippen LogP contribution is 2.48. The molecule has 39 heavy (non-hydrogen) atoms. The van der Waals surface area contributed by atoms with Gasteiger partial charge in [-0.1, -0.05) is 61.1 Å².